The summed E-state index contributed by atoms with van der Waals surface area (Å²) in [6.45, 7) is 3.60. The van der Waals surface area contributed by atoms with Gasteiger partial charge in [0.15, 0.2) is 0 Å². The zero-order valence-electron chi connectivity index (χ0n) is 13.3. The van der Waals surface area contributed by atoms with Crippen molar-refractivity contribution in [1.82, 2.24) is 5.32 Å². The number of aryl methyl sites for hydroxylation is 2. The third kappa shape index (κ3) is 4.15. The van der Waals surface area contributed by atoms with E-state index < -0.39 is 23.8 Å². The van der Waals surface area contributed by atoms with Gasteiger partial charge in [-0.3, -0.25) is 4.79 Å². The summed E-state index contributed by atoms with van der Waals surface area (Å²) < 4.78 is 38.9. The van der Waals surface area contributed by atoms with Gasteiger partial charge < -0.3 is 10.4 Å². The zero-order valence-corrected chi connectivity index (χ0v) is 14.1. The second kappa shape index (κ2) is 7.36. The molecule has 0 aliphatic heterocycles. The normalized spacial score (nSPS) is 12.9. The van der Waals surface area contributed by atoms with Gasteiger partial charge in [-0.15, -0.1) is 11.3 Å². The quantitative estimate of drug-likeness (QED) is 0.846. The smallest absolute Gasteiger partial charge is 0.387 e. The molecule has 0 aliphatic carbocycles. The molecule has 0 saturated heterocycles. The molecule has 0 aliphatic rings. The summed E-state index contributed by atoms with van der Waals surface area (Å²) in [5.74, 6) is -0.397. The number of hydrogen-bond acceptors (Lipinski definition) is 3. The van der Waals surface area contributed by atoms with Crippen molar-refractivity contribution in [2.24, 2.45) is 0 Å². The Kier molecular flexibility index (Phi) is 5.66. The van der Waals surface area contributed by atoms with Crippen molar-refractivity contribution >= 4 is 17.2 Å². The minimum Gasteiger partial charge on any atom is -0.387 e. The molecule has 0 unspecified atom stereocenters. The van der Waals surface area contributed by atoms with Crippen LogP contribution in [0.1, 0.15) is 44.3 Å². The van der Waals surface area contributed by atoms with E-state index in [1.165, 1.54) is 29.5 Å². The van der Waals surface area contributed by atoms with Crippen molar-refractivity contribution in [2.75, 3.05) is 6.54 Å². The molecule has 24 heavy (non-hydrogen) atoms. The molecule has 2 aromatic rings. The monoisotopic (exact) mass is 357 g/mol. The lowest BCUT2D eigenvalue weighted by molar-refractivity contribution is -0.139. The molecule has 1 amide bonds. The Bertz CT molecular complexity index is 725. The van der Waals surface area contributed by atoms with Crippen LogP contribution in [0, 0.1) is 6.92 Å². The Balaban J connectivity index is 2.08. The summed E-state index contributed by atoms with van der Waals surface area (Å²) in [5, 5.41) is 12.5. The van der Waals surface area contributed by atoms with Crippen LogP contribution < -0.4 is 5.32 Å². The van der Waals surface area contributed by atoms with Crippen LogP contribution in [0.3, 0.4) is 0 Å². The van der Waals surface area contributed by atoms with E-state index in [4.69, 9.17) is 0 Å². The number of halogens is 3. The number of aliphatic hydroxyl groups is 1. The topological polar surface area (TPSA) is 49.3 Å². The molecule has 130 valence electrons. The molecule has 0 fully saturated rings. The summed E-state index contributed by atoms with van der Waals surface area (Å²) in [6, 6.07) is 6.56. The lowest BCUT2D eigenvalue weighted by Gasteiger charge is -2.17. The molecule has 3 nitrogen and oxygen atoms in total. The SMILES string of the molecule is CCc1sc(C(=O)NC[C@H](O)c2ccccc2C(F)(F)F)cc1C. The number of aliphatic hydroxyl groups excluding tert-OH is 1. The third-order valence-electron chi connectivity index (χ3n) is 3.65. The molecule has 0 saturated carbocycles. The van der Waals surface area contributed by atoms with Gasteiger partial charge in [-0.1, -0.05) is 25.1 Å². The van der Waals surface area contributed by atoms with E-state index >= 15 is 0 Å². The van der Waals surface area contributed by atoms with Gasteiger partial charge in [-0.2, -0.15) is 13.2 Å². The fourth-order valence-electron chi connectivity index (χ4n) is 2.41. The van der Waals surface area contributed by atoms with E-state index in [0.29, 0.717) is 4.88 Å². The fourth-order valence-corrected chi connectivity index (χ4v) is 3.45. The van der Waals surface area contributed by atoms with Crippen LogP contribution in [0.4, 0.5) is 13.2 Å². The van der Waals surface area contributed by atoms with Crippen LogP contribution in [0.25, 0.3) is 0 Å². The highest BCUT2D eigenvalue weighted by Gasteiger charge is 2.34. The standard InChI is InChI=1S/C17H18F3NO2S/c1-3-14-10(2)8-15(24-14)16(23)21-9-13(22)11-6-4-5-7-12(11)17(18,19)20/h4-8,13,22H,3,9H2,1-2H3,(H,21,23)/t13-/m0/s1. The second-order valence-electron chi connectivity index (χ2n) is 5.38. The lowest BCUT2D eigenvalue weighted by atomic mass is 10.0. The molecule has 1 heterocycles. The van der Waals surface area contributed by atoms with E-state index in [0.717, 1.165) is 22.9 Å². The predicted molar refractivity (Wildman–Crippen MR) is 87.2 cm³/mol. The first-order valence-corrected chi connectivity index (χ1v) is 8.27. The van der Waals surface area contributed by atoms with Crippen molar-refractivity contribution < 1.29 is 23.1 Å². The van der Waals surface area contributed by atoms with E-state index in [1.54, 1.807) is 6.07 Å². The number of amides is 1. The summed E-state index contributed by atoms with van der Waals surface area (Å²) in [5.41, 5.74) is -0.135. The van der Waals surface area contributed by atoms with Crippen molar-refractivity contribution in [1.29, 1.82) is 0 Å². The number of alkyl halides is 3. The first kappa shape index (κ1) is 18.5. The molecule has 7 heteroatoms. The summed E-state index contributed by atoms with van der Waals surface area (Å²) in [7, 11) is 0. The Morgan fingerprint density at radius 3 is 2.58 bits per heavy atom. The fraction of sp³-hybridized carbons (Fsp3) is 0.353. The Labute approximate surface area is 142 Å². The molecule has 1 atom stereocenters. The molecule has 0 bridgehead atoms. The lowest BCUT2D eigenvalue weighted by Crippen LogP contribution is -2.28. The van der Waals surface area contributed by atoms with Crippen molar-refractivity contribution in [3.8, 4) is 0 Å². The average molecular weight is 357 g/mol. The predicted octanol–water partition coefficient (Wildman–Crippen LogP) is 4.10. The van der Waals surface area contributed by atoms with Gasteiger partial charge in [0.2, 0.25) is 0 Å². The van der Waals surface area contributed by atoms with Crippen molar-refractivity contribution in [3.63, 3.8) is 0 Å². The van der Waals surface area contributed by atoms with E-state index in [2.05, 4.69) is 5.32 Å². The van der Waals surface area contributed by atoms with Crippen molar-refractivity contribution in [3.05, 3.63) is 56.8 Å². The van der Waals surface area contributed by atoms with Gasteiger partial charge in [0.25, 0.3) is 5.91 Å². The van der Waals surface area contributed by atoms with E-state index in [1.807, 2.05) is 13.8 Å². The van der Waals surface area contributed by atoms with Gasteiger partial charge in [-0.05, 0) is 36.6 Å². The van der Waals surface area contributed by atoms with Crippen LogP contribution in [-0.2, 0) is 12.6 Å². The summed E-state index contributed by atoms with van der Waals surface area (Å²) in [6.07, 6.45) is -5.17. The number of hydrogen-bond donors (Lipinski definition) is 2. The molecule has 2 rings (SSSR count). The maximum Gasteiger partial charge on any atom is 0.416 e. The Morgan fingerprint density at radius 2 is 2.00 bits per heavy atom. The van der Waals surface area contributed by atoms with E-state index in [9.17, 15) is 23.1 Å². The molecule has 0 spiro atoms. The number of benzene rings is 1. The maximum absolute atomic E-state index is 13.0. The molecule has 0 radical (unpaired) electrons. The molecular formula is C17H18F3NO2S. The summed E-state index contributed by atoms with van der Waals surface area (Å²) >= 11 is 1.35. The highest BCUT2D eigenvalue weighted by Crippen LogP contribution is 2.34. The van der Waals surface area contributed by atoms with Gasteiger partial charge in [-0.25, -0.2) is 0 Å². The first-order chi connectivity index (χ1) is 11.2. The number of nitrogens with one attached hydrogen (secondary N) is 1. The zero-order chi connectivity index (χ0) is 17.9. The van der Waals surface area contributed by atoms with Gasteiger partial charge in [0.1, 0.15) is 0 Å². The molecule has 1 aromatic heterocycles. The first-order valence-electron chi connectivity index (χ1n) is 7.45. The minimum atomic E-state index is -4.55. The van der Waals surface area contributed by atoms with Crippen LogP contribution in [0.15, 0.2) is 30.3 Å². The van der Waals surface area contributed by atoms with Crippen LogP contribution in [0.5, 0.6) is 0 Å². The van der Waals surface area contributed by atoms with Crippen LogP contribution >= 0.6 is 11.3 Å². The van der Waals surface area contributed by atoms with Crippen LogP contribution in [0.2, 0.25) is 0 Å². The summed E-state index contributed by atoms with van der Waals surface area (Å²) in [4.78, 5) is 13.7. The number of rotatable bonds is 5. The van der Waals surface area contributed by atoms with E-state index in [-0.39, 0.29) is 12.1 Å². The third-order valence-corrected chi connectivity index (χ3v) is 5.03. The number of carbonyl (C=O) groups is 1. The minimum absolute atomic E-state index is 0.248. The largest absolute Gasteiger partial charge is 0.416 e. The number of thiophene rings is 1. The molecule has 1 aromatic carbocycles. The Hall–Kier alpha value is -1.86. The molecule has 2 N–H and O–H groups in total. The Morgan fingerprint density at radius 1 is 1.33 bits per heavy atom. The van der Waals surface area contributed by atoms with Crippen molar-refractivity contribution in [2.45, 2.75) is 32.5 Å². The van der Waals surface area contributed by atoms with Gasteiger partial charge in [0, 0.05) is 11.4 Å². The second-order valence-corrected chi connectivity index (χ2v) is 6.52. The number of carbonyl (C=O) groups excluding carboxylic acids is 1. The molecular weight excluding hydrogens is 339 g/mol. The highest BCUT2D eigenvalue weighted by molar-refractivity contribution is 7.14. The highest BCUT2D eigenvalue weighted by atomic mass is 32.1. The maximum atomic E-state index is 13.0. The van der Waals surface area contributed by atoms with Gasteiger partial charge in [0.05, 0.1) is 16.5 Å². The van der Waals surface area contributed by atoms with Gasteiger partial charge >= 0.3 is 6.18 Å². The average Bonchev–Trinajstić information content (AvgIpc) is 2.92. The van der Waals surface area contributed by atoms with Crippen LogP contribution in [-0.4, -0.2) is 17.6 Å².